The van der Waals surface area contributed by atoms with Crippen LogP contribution < -0.4 is 5.32 Å². The van der Waals surface area contributed by atoms with Crippen molar-refractivity contribution in [3.63, 3.8) is 0 Å². The Hall–Kier alpha value is -4.28. The smallest absolute Gasteiger partial charge is 0.416 e. The summed E-state index contributed by atoms with van der Waals surface area (Å²) in [6.07, 6.45) is -1.32. The van der Waals surface area contributed by atoms with Gasteiger partial charge in [-0.05, 0) is 50.2 Å². The Bertz CT molecular complexity index is 1370. The summed E-state index contributed by atoms with van der Waals surface area (Å²) in [6.45, 7) is 3.51. The molecule has 0 atom stereocenters. The summed E-state index contributed by atoms with van der Waals surface area (Å²) in [5.41, 5.74) is 0.890. The highest BCUT2D eigenvalue weighted by Gasteiger charge is 2.30. The number of carbonyl (C=O) groups is 1. The van der Waals surface area contributed by atoms with Gasteiger partial charge in [0.15, 0.2) is 5.69 Å². The molecular formula is C24H19F4N5O2. The number of esters is 1. The summed E-state index contributed by atoms with van der Waals surface area (Å²) < 4.78 is 60.0. The standard InChI is InChI=1S/C24H19F4N5O2/c1-3-35-22(34)20-11-19(15-4-6-16(7-5-15)24(26,27)28)31-23(32-20)30-17-8-9-21(18(25)10-17)33-12-14(2)29-13-33/h4-13H,3H2,1-2H3,(H,30,31,32). The minimum absolute atomic E-state index is 0.0592. The van der Waals surface area contributed by atoms with Gasteiger partial charge in [-0.1, -0.05) is 12.1 Å². The van der Waals surface area contributed by atoms with Crippen molar-refractivity contribution >= 4 is 17.6 Å². The fraction of sp³-hybridized carbons (Fsp3) is 0.167. The zero-order valence-electron chi connectivity index (χ0n) is 18.6. The van der Waals surface area contributed by atoms with E-state index in [9.17, 15) is 22.4 Å². The fourth-order valence-electron chi connectivity index (χ4n) is 3.27. The van der Waals surface area contributed by atoms with Crippen molar-refractivity contribution in [2.45, 2.75) is 20.0 Å². The lowest BCUT2D eigenvalue weighted by atomic mass is 10.1. The minimum atomic E-state index is -4.49. The molecule has 0 amide bonds. The lowest BCUT2D eigenvalue weighted by Gasteiger charge is -2.12. The van der Waals surface area contributed by atoms with Crippen LogP contribution in [0.4, 0.5) is 29.2 Å². The van der Waals surface area contributed by atoms with Crippen LogP contribution >= 0.6 is 0 Å². The zero-order valence-corrected chi connectivity index (χ0v) is 18.6. The van der Waals surface area contributed by atoms with Gasteiger partial charge in [0.2, 0.25) is 5.95 Å². The van der Waals surface area contributed by atoms with E-state index in [4.69, 9.17) is 4.74 Å². The Labute approximate surface area is 197 Å². The molecule has 0 aliphatic rings. The zero-order chi connectivity index (χ0) is 25.2. The van der Waals surface area contributed by atoms with E-state index in [0.29, 0.717) is 11.3 Å². The molecule has 0 radical (unpaired) electrons. The van der Waals surface area contributed by atoms with E-state index < -0.39 is 23.5 Å². The van der Waals surface area contributed by atoms with Gasteiger partial charge in [-0.3, -0.25) is 0 Å². The number of nitrogens with zero attached hydrogens (tertiary/aromatic N) is 4. The highest BCUT2D eigenvalue weighted by Crippen LogP contribution is 2.31. The summed E-state index contributed by atoms with van der Waals surface area (Å²) >= 11 is 0. The molecule has 0 saturated carbocycles. The highest BCUT2D eigenvalue weighted by molar-refractivity contribution is 5.89. The molecule has 0 saturated heterocycles. The molecule has 2 aromatic heterocycles. The Balaban J connectivity index is 1.68. The third kappa shape index (κ3) is 5.45. The second-order valence-corrected chi connectivity index (χ2v) is 7.47. The van der Waals surface area contributed by atoms with Crippen LogP contribution in [0.15, 0.2) is 61.1 Å². The first-order valence-electron chi connectivity index (χ1n) is 10.5. The number of rotatable bonds is 6. The van der Waals surface area contributed by atoms with Gasteiger partial charge in [0.05, 0.1) is 35.6 Å². The maximum Gasteiger partial charge on any atom is 0.416 e. The Kier molecular flexibility index (Phi) is 6.50. The van der Waals surface area contributed by atoms with Crippen molar-refractivity contribution in [1.29, 1.82) is 0 Å². The van der Waals surface area contributed by atoms with Gasteiger partial charge in [0.25, 0.3) is 0 Å². The van der Waals surface area contributed by atoms with Crippen LogP contribution in [0.25, 0.3) is 16.9 Å². The summed E-state index contributed by atoms with van der Waals surface area (Å²) in [5, 5.41) is 2.84. The van der Waals surface area contributed by atoms with Crippen molar-refractivity contribution in [2.24, 2.45) is 0 Å². The van der Waals surface area contributed by atoms with Crippen molar-refractivity contribution in [1.82, 2.24) is 19.5 Å². The van der Waals surface area contributed by atoms with Gasteiger partial charge < -0.3 is 14.6 Å². The maximum atomic E-state index is 14.7. The number of halogens is 4. The molecule has 4 aromatic rings. The lowest BCUT2D eigenvalue weighted by molar-refractivity contribution is -0.137. The van der Waals surface area contributed by atoms with Gasteiger partial charge in [-0.15, -0.1) is 0 Å². The molecule has 180 valence electrons. The van der Waals surface area contributed by atoms with Crippen molar-refractivity contribution in [3.8, 4) is 16.9 Å². The van der Waals surface area contributed by atoms with E-state index in [-0.39, 0.29) is 29.6 Å². The molecule has 2 heterocycles. The first kappa shape index (κ1) is 23.9. The fourth-order valence-corrected chi connectivity index (χ4v) is 3.27. The van der Waals surface area contributed by atoms with E-state index >= 15 is 0 Å². The summed E-state index contributed by atoms with van der Waals surface area (Å²) in [7, 11) is 0. The third-order valence-electron chi connectivity index (χ3n) is 4.91. The molecule has 2 aromatic carbocycles. The molecule has 4 rings (SSSR count). The molecule has 7 nitrogen and oxygen atoms in total. The number of hydrogen-bond donors (Lipinski definition) is 1. The third-order valence-corrected chi connectivity index (χ3v) is 4.91. The van der Waals surface area contributed by atoms with Crippen LogP contribution in [0.3, 0.4) is 0 Å². The number of hydrogen-bond acceptors (Lipinski definition) is 6. The maximum absolute atomic E-state index is 14.7. The number of aromatic nitrogens is 4. The molecule has 11 heteroatoms. The van der Waals surface area contributed by atoms with Crippen LogP contribution in [0.2, 0.25) is 0 Å². The topological polar surface area (TPSA) is 81.9 Å². The first-order chi connectivity index (χ1) is 16.6. The average molecular weight is 485 g/mol. The molecule has 0 aliphatic carbocycles. The van der Waals surface area contributed by atoms with E-state index in [0.717, 1.165) is 17.8 Å². The van der Waals surface area contributed by atoms with Crippen molar-refractivity contribution in [3.05, 3.63) is 83.8 Å². The monoisotopic (exact) mass is 485 g/mol. The van der Waals surface area contributed by atoms with E-state index in [1.165, 1.54) is 41.2 Å². The van der Waals surface area contributed by atoms with E-state index in [2.05, 4.69) is 20.3 Å². The van der Waals surface area contributed by atoms with Crippen LogP contribution in [0, 0.1) is 12.7 Å². The summed E-state index contributed by atoms with van der Waals surface area (Å²) in [6, 6.07) is 9.98. The minimum Gasteiger partial charge on any atom is -0.461 e. The van der Waals surface area contributed by atoms with Crippen LogP contribution in [-0.4, -0.2) is 32.1 Å². The molecule has 0 unspecified atom stereocenters. The normalized spacial score (nSPS) is 11.4. The van der Waals surface area contributed by atoms with Gasteiger partial charge in [-0.2, -0.15) is 13.2 Å². The number of carbonyl (C=O) groups excluding carboxylic acids is 1. The Morgan fingerprint density at radius 2 is 1.83 bits per heavy atom. The Morgan fingerprint density at radius 3 is 2.43 bits per heavy atom. The predicted octanol–water partition coefficient (Wildman–Crippen LogP) is 5.72. The Morgan fingerprint density at radius 1 is 1.09 bits per heavy atom. The summed E-state index contributed by atoms with van der Waals surface area (Å²) in [4.78, 5) is 24.8. The molecule has 0 aliphatic heterocycles. The quantitative estimate of drug-likeness (QED) is 0.278. The van der Waals surface area contributed by atoms with Gasteiger partial charge in [0.1, 0.15) is 5.82 Å². The van der Waals surface area contributed by atoms with Crippen molar-refractivity contribution in [2.75, 3.05) is 11.9 Å². The van der Waals surface area contributed by atoms with Crippen LogP contribution in [-0.2, 0) is 10.9 Å². The second kappa shape index (κ2) is 9.53. The SMILES string of the molecule is CCOC(=O)c1cc(-c2ccc(C(F)(F)F)cc2)nc(Nc2ccc(-n3cnc(C)c3)c(F)c2)n1. The molecule has 0 fully saturated rings. The number of imidazole rings is 1. The lowest BCUT2D eigenvalue weighted by Crippen LogP contribution is -2.10. The molecular weight excluding hydrogens is 466 g/mol. The number of ether oxygens (including phenoxy) is 1. The number of alkyl halides is 3. The largest absolute Gasteiger partial charge is 0.461 e. The first-order valence-corrected chi connectivity index (χ1v) is 10.5. The summed E-state index contributed by atoms with van der Waals surface area (Å²) in [5.74, 6) is -1.34. The van der Waals surface area contributed by atoms with Gasteiger partial charge in [0, 0.05) is 17.4 Å². The second-order valence-electron chi connectivity index (χ2n) is 7.47. The van der Waals surface area contributed by atoms with Crippen LogP contribution in [0.1, 0.15) is 28.7 Å². The molecule has 0 bridgehead atoms. The average Bonchev–Trinajstić information content (AvgIpc) is 3.24. The molecule has 1 N–H and O–H groups in total. The highest BCUT2D eigenvalue weighted by atomic mass is 19.4. The number of anilines is 2. The van der Waals surface area contributed by atoms with Crippen LogP contribution in [0.5, 0.6) is 0 Å². The molecule has 35 heavy (non-hydrogen) atoms. The predicted molar refractivity (Wildman–Crippen MR) is 120 cm³/mol. The van der Waals surface area contributed by atoms with E-state index in [1.807, 2.05) is 0 Å². The number of aryl methyl sites for hydroxylation is 1. The van der Waals surface area contributed by atoms with Gasteiger partial charge >= 0.3 is 12.1 Å². The number of nitrogens with one attached hydrogen (secondary N) is 1. The number of benzene rings is 2. The van der Waals surface area contributed by atoms with Crippen molar-refractivity contribution < 1.29 is 27.1 Å². The van der Waals surface area contributed by atoms with Gasteiger partial charge in [-0.25, -0.2) is 24.1 Å². The van der Waals surface area contributed by atoms with E-state index in [1.54, 1.807) is 26.1 Å². The molecule has 0 spiro atoms.